The number of rotatable bonds is 6. The lowest BCUT2D eigenvalue weighted by atomic mass is 10.1. The molecule has 2 aliphatic heterocycles. The second-order valence-corrected chi connectivity index (χ2v) is 8.19. The number of carbonyl (C=O) groups is 2. The van der Waals surface area contributed by atoms with Gasteiger partial charge in [0.15, 0.2) is 5.11 Å². The quantitative estimate of drug-likeness (QED) is 0.369. The zero-order chi connectivity index (χ0) is 23.4. The predicted octanol–water partition coefficient (Wildman–Crippen LogP) is 3.23. The third-order valence-corrected chi connectivity index (χ3v) is 6.23. The number of carbonyl (C=O) groups excluding carboxylic acids is 2. The number of esters is 1. The zero-order valence-electron chi connectivity index (χ0n) is 18.8. The molecule has 0 bridgehead atoms. The van der Waals surface area contributed by atoms with Gasteiger partial charge in [-0.05, 0) is 60.1 Å². The normalized spacial score (nSPS) is 17.8. The molecule has 2 fully saturated rings. The van der Waals surface area contributed by atoms with Crippen LogP contribution in [-0.2, 0) is 25.5 Å². The van der Waals surface area contributed by atoms with Gasteiger partial charge in [0.25, 0.3) is 5.91 Å². The third-order valence-electron chi connectivity index (χ3n) is 5.83. The van der Waals surface area contributed by atoms with E-state index >= 15 is 0 Å². The van der Waals surface area contributed by atoms with Gasteiger partial charge in [0.2, 0.25) is 0 Å². The first-order valence-electron chi connectivity index (χ1n) is 11.0. The molecular weight excluding hydrogens is 438 g/mol. The van der Waals surface area contributed by atoms with Gasteiger partial charge in [-0.1, -0.05) is 31.2 Å². The maximum Gasteiger partial charge on any atom is 0.325 e. The van der Waals surface area contributed by atoms with E-state index in [1.165, 1.54) is 22.5 Å². The second kappa shape index (κ2) is 10.1. The maximum atomic E-state index is 13.4. The van der Waals surface area contributed by atoms with Gasteiger partial charge >= 0.3 is 5.97 Å². The van der Waals surface area contributed by atoms with E-state index in [2.05, 4.69) is 11.8 Å². The SMILES string of the molecule is CCc1ccc(N2C(=O)/C(=C/c3ccc(N4CCOCC4)cc3)N(CC(=O)OC)C2=S)cc1. The van der Waals surface area contributed by atoms with Crippen molar-refractivity contribution in [2.45, 2.75) is 13.3 Å². The molecule has 2 heterocycles. The van der Waals surface area contributed by atoms with Gasteiger partial charge < -0.3 is 19.3 Å². The second-order valence-electron chi connectivity index (χ2n) is 7.83. The van der Waals surface area contributed by atoms with Crippen molar-refractivity contribution in [1.29, 1.82) is 0 Å². The van der Waals surface area contributed by atoms with E-state index in [0.717, 1.165) is 44.0 Å². The summed E-state index contributed by atoms with van der Waals surface area (Å²) in [6.45, 7) is 5.08. The van der Waals surface area contributed by atoms with Crippen molar-refractivity contribution >= 4 is 46.7 Å². The van der Waals surface area contributed by atoms with Crippen molar-refractivity contribution in [3.63, 3.8) is 0 Å². The van der Waals surface area contributed by atoms with E-state index < -0.39 is 5.97 Å². The molecule has 4 rings (SSSR count). The molecule has 2 aliphatic rings. The number of methoxy groups -OCH3 is 1. The standard InChI is InChI=1S/C25H27N3O4S/c1-3-18-4-10-21(11-5-18)28-24(30)22(27(25(28)33)17-23(29)31-2)16-19-6-8-20(9-7-19)26-12-14-32-15-13-26/h4-11,16H,3,12-15,17H2,1-2H3/b22-16-. The van der Waals surface area contributed by atoms with Crippen molar-refractivity contribution in [2.24, 2.45) is 0 Å². The predicted molar refractivity (Wildman–Crippen MR) is 132 cm³/mol. The highest BCUT2D eigenvalue weighted by Gasteiger charge is 2.40. The molecule has 0 atom stereocenters. The molecule has 33 heavy (non-hydrogen) atoms. The van der Waals surface area contributed by atoms with Crippen molar-refractivity contribution in [3.8, 4) is 0 Å². The minimum Gasteiger partial charge on any atom is -0.468 e. The Bertz CT molecular complexity index is 1060. The number of nitrogens with zero attached hydrogens (tertiary/aromatic N) is 3. The van der Waals surface area contributed by atoms with Gasteiger partial charge in [-0.25, -0.2) is 0 Å². The molecule has 1 amide bonds. The number of thiocarbonyl (C=S) groups is 1. The fourth-order valence-electron chi connectivity index (χ4n) is 3.90. The van der Waals surface area contributed by atoms with Crippen LogP contribution in [0.4, 0.5) is 11.4 Å². The molecule has 0 radical (unpaired) electrons. The molecular formula is C25H27N3O4S. The van der Waals surface area contributed by atoms with Crippen molar-refractivity contribution in [2.75, 3.05) is 49.8 Å². The van der Waals surface area contributed by atoms with Crippen LogP contribution in [0.25, 0.3) is 6.08 Å². The Morgan fingerprint density at radius 3 is 2.30 bits per heavy atom. The van der Waals surface area contributed by atoms with Crippen LogP contribution in [0, 0.1) is 0 Å². The molecule has 2 saturated heterocycles. The van der Waals surface area contributed by atoms with Gasteiger partial charge in [0.05, 0.1) is 26.0 Å². The van der Waals surface area contributed by atoms with E-state index in [4.69, 9.17) is 21.7 Å². The first-order valence-corrected chi connectivity index (χ1v) is 11.4. The zero-order valence-corrected chi connectivity index (χ0v) is 19.6. The van der Waals surface area contributed by atoms with Gasteiger partial charge in [-0.15, -0.1) is 0 Å². The summed E-state index contributed by atoms with van der Waals surface area (Å²) in [5.41, 5.74) is 4.13. The van der Waals surface area contributed by atoms with Crippen molar-refractivity contribution in [1.82, 2.24) is 4.90 Å². The lowest BCUT2D eigenvalue weighted by Crippen LogP contribution is -2.36. The van der Waals surface area contributed by atoms with Crippen molar-refractivity contribution in [3.05, 3.63) is 65.4 Å². The lowest BCUT2D eigenvalue weighted by molar-refractivity contribution is -0.140. The molecule has 172 valence electrons. The first-order chi connectivity index (χ1) is 16.0. The van der Waals surface area contributed by atoms with Crippen LogP contribution in [0.3, 0.4) is 0 Å². The van der Waals surface area contributed by atoms with Crippen LogP contribution >= 0.6 is 12.2 Å². The number of aryl methyl sites for hydroxylation is 1. The summed E-state index contributed by atoms with van der Waals surface area (Å²) in [5, 5.41) is 0.255. The molecule has 0 N–H and O–H groups in total. The lowest BCUT2D eigenvalue weighted by Gasteiger charge is -2.28. The highest BCUT2D eigenvalue weighted by atomic mass is 32.1. The Labute approximate surface area is 199 Å². The van der Waals surface area contributed by atoms with Crippen LogP contribution in [0.5, 0.6) is 0 Å². The summed E-state index contributed by atoms with van der Waals surface area (Å²) in [6.07, 6.45) is 2.67. The summed E-state index contributed by atoms with van der Waals surface area (Å²) in [7, 11) is 1.32. The Morgan fingerprint density at radius 1 is 1.06 bits per heavy atom. The summed E-state index contributed by atoms with van der Waals surface area (Å²) in [4.78, 5) is 30.8. The summed E-state index contributed by atoms with van der Waals surface area (Å²) >= 11 is 5.61. The number of amides is 1. The molecule has 0 saturated carbocycles. The van der Waals surface area contributed by atoms with Crippen LogP contribution in [-0.4, -0.2) is 61.8 Å². The Morgan fingerprint density at radius 2 is 1.70 bits per heavy atom. The number of hydrogen-bond donors (Lipinski definition) is 0. The topological polar surface area (TPSA) is 62.3 Å². The molecule has 0 unspecified atom stereocenters. The van der Waals surface area contributed by atoms with Gasteiger partial charge in [-0.3, -0.25) is 14.5 Å². The van der Waals surface area contributed by atoms with E-state index in [1.807, 2.05) is 48.5 Å². The highest BCUT2D eigenvalue weighted by molar-refractivity contribution is 7.80. The number of anilines is 2. The number of ether oxygens (including phenoxy) is 2. The summed E-state index contributed by atoms with van der Waals surface area (Å²) < 4.78 is 10.3. The minimum absolute atomic E-state index is 0.137. The Balaban J connectivity index is 1.64. The molecule has 0 aromatic heterocycles. The fraction of sp³-hybridized carbons (Fsp3) is 0.320. The average molecular weight is 466 g/mol. The largest absolute Gasteiger partial charge is 0.468 e. The van der Waals surface area contributed by atoms with Gasteiger partial charge in [0, 0.05) is 18.8 Å². The Kier molecular flexibility index (Phi) is 7.05. The van der Waals surface area contributed by atoms with Crippen LogP contribution in [0.1, 0.15) is 18.1 Å². The van der Waals surface area contributed by atoms with Crippen molar-refractivity contribution < 1.29 is 19.1 Å². The monoisotopic (exact) mass is 465 g/mol. The first kappa shape index (κ1) is 22.9. The number of morpholine rings is 1. The molecule has 8 heteroatoms. The highest BCUT2D eigenvalue weighted by Crippen LogP contribution is 2.30. The molecule has 7 nitrogen and oxygen atoms in total. The van der Waals surface area contributed by atoms with E-state index in [0.29, 0.717) is 11.4 Å². The third kappa shape index (κ3) is 4.91. The maximum absolute atomic E-state index is 13.4. The molecule has 0 spiro atoms. The van der Waals surface area contributed by atoms with Crippen LogP contribution in [0.2, 0.25) is 0 Å². The Hall–Kier alpha value is -3.23. The minimum atomic E-state index is -0.470. The summed E-state index contributed by atoms with van der Waals surface area (Å²) in [5.74, 6) is -0.743. The fourth-order valence-corrected chi connectivity index (χ4v) is 4.25. The molecule has 2 aromatic rings. The van der Waals surface area contributed by atoms with E-state index in [9.17, 15) is 9.59 Å². The van der Waals surface area contributed by atoms with Gasteiger partial charge in [-0.2, -0.15) is 0 Å². The smallest absolute Gasteiger partial charge is 0.325 e. The van der Waals surface area contributed by atoms with E-state index in [-0.39, 0.29) is 17.6 Å². The van der Waals surface area contributed by atoms with Gasteiger partial charge in [0.1, 0.15) is 12.2 Å². The average Bonchev–Trinajstić information content (AvgIpc) is 3.08. The van der Waals surface area contributed by atoms with Crippen LogP contribution in [0.15, 0.2) is 54.2 Å². The molecule has 2 aromatic carbocycles. The van der Waals surface area contributed by atoms with E-state index in [1.54, 1.807) is 6.08 Å². The molecule has 0 aliphatic carbocycles. The van der Waals surface area contributed by atoms with Crippen LogP contribution < -0.4 is 9.80 Å². The number of hydrogen-bond acceptors (Lipinski definition) is 6. The number of benzene rings is 2. The summed E-state index contributed by atoms with van der Waals surface area (Å²) in [6, 6.07) is 15.7.